The van der Waals surface area contributed by atoms with Crippen molar-refractivity contribution in [3.05, 3.63) is 24.0 Å². The molecule has 1 N–H and O–H groups in total. The van der Waals surface area contributed by atoms with E-state index in [1.807, 2.05) is 6.07 Å². The molecule has 130 valence electrons. The zero-order chi connectivity index (χ0) is 16.8. The zero-order valence-corrected chi connectivity index (χ0v) is 14.1. The monoisotopic (exact) mass is 330 g/mol. The van der Waals surface area contributed by atoms with Gasteiger partial charge in [0.15, 0.2) is 0 Å². The Morgan fingerprint density at radius 3 is 2.38 bits per heavy atom. The van der Waals surface area contributed by atoms with E-state index in [1.165, 1.54) is 38.5 Å². The van der Waals surface area contributed by atoms with Crippen LogP contribution in [0.3, 0.4) is 0 Å². The molecule has 2 fully saturated rings. The number of amides is 2. The summed E-state index contributed by atoms with van der Waals surface area (Å²) >= 11 is 0. The van der Waals surface area contributed by atoms with E-state index in [0.717, 1.165) is 12.1 Å². The number of carbonyl (C=O) groups is 2. The minimum absolute atomic E-state index is 0.0541. The third kappa shape index (κ3) is 4.24. The molecule has 3 rings (SSSR count). The van der Waals surface area contributed by atoms with Crippen LogP contribution in [0.4, 0.5) is 5.69 Å². The number of carbonyl (C=O) groups excluding carboxylic acids is 2. The summed E-state index contributed by atoms with van der Waals surface area (Å²) < 4.78 is 0. The number of hydrogen-bond acceptors (Lipinski definition) is 4. The SMILES string of the molecule is O=CN1CCN(C(=O)c2ccc(NC3CCCCCC3)cn2)CC1. The standard InChI is InChI=1S/C18H26N4O2/c23-14-21-9-11-22(12-10-21)18(24)17-8-7-16(13-19-17)20-15-5-3-1-2-4-6-15/h7-8,13-15,20H,1-6,9-12H2. The van der Waals surface area contributed by atoms with E-state index in [9.17, 15) is 9.59 Å². The fourth-order valence-electron chi connectivity index (χ4n) is 3.46. The summed E-state index contributed by atoms with van der Waals surface area (Å²) in [4.78, 5) is 31.0. The molecule has 6 heteroatoms. The highest BCUT2D eigenvalue weighted by Crippen LogP contribution is 2.21. The number of aromatic nitrogens is 1. The maximum atomic E-state index is 12.5. The Morgan fingerprint density at radius 2 is 1.79 bits per heavy atom. The molecule has 0 unspecified atom stereocenters. The summed E-state index contributed by atoms with van der Waals surface area (Å²) in [5, 5.41) is 3.55. The van der Waals surface area contributed by atoms with Crippen molar-refractivity contribution >= 4 is 18.0 Å². The van der Waals surface area contributed by atoms with Crippen LogP contribution in [0, 0.1) is 0 Å². The molecule has 2 amide bonds. The van der Waals surface area contributed by atoms with Crippen molar-refractivity contribution in [3.63, 3.8) is 0 Å². The second kappa shape index (κ2) is 8.13. The van der Waals surface area contributed by atoms with E-state index in [-0.39, 0.29) is 5.91 Å². The normalized spacial score (nSPS) is 19.7. The van der Waals surface area contributed by atoms with Gasteiger partial charge in [0.1, 0.15) is 5.69 Å². The molecule has 0 atom stereocenters. The van der Waals surface area contributed by atoms with Gasteiger partial charge in [0.25, 0.3) is 5.91 Å². The van der Waals surface area contributed by atoms with Crippen LogP contribution in [0.1, 0.15) is 49.0 Å². The predicted molar refractivity (Wildman–Crippen MR) is 92.9 cm³/mol. The number of anilines is 1. The van der Waals surface area contributed by atoms with Crippen LogP contribution in [0.2, 0.25) is 0 Å². The van der Waals surface area contributed by atoms with Crippen molar-refractivity contribution in [1.29, 1.82) is 0 Å². The molecule has 1 aliphatic heterocycles. The molecule has 1 aromatic rings. The van der Waals surface area contributed by atoms with E-state index in [2.05, 4.69) is 10.3 Å². The number of nitrogens with one attached hydrogen (secondary N) is 1. The molecule has 0 spiro atoms. The minimum atomic E-state index is -0.0541. The Hall–Kier alpha value is -2.11. The number of hydrogen-bond donors (Lipinski definition) is 1. The summed E-state index contributed by atoms with van der Waals surface area (Å²) in [5.74, 6) is -0.0541. The topological polar surface area (TPSA) is 65.5 Å². The molecule has 6 nitrogen and oxygen atoms in total. The first-order chi connectivity index (χ1) is 11.8. The summed E-state index contributed by atoms with van der Waals surface area (Å²) in [6.45, 7) is 2.33. The van der Waals surface area contributed by atoms with Crippen LogP contribution in [-0.4, -0.2) is 59.3 Å². The summed E-state index contributed by atoms with van der Waals surface area (Å²) in [7, 11) is 0. The molecule has 1 saturated carbocycles. The molecular formula is C18H26N4O2. The number of rotatable bonds is 4. The van der Waals surface area contributed by atoms with E-state index < -0.39 is 0 Å². The lowest BCUT2D eigenvalue weighted by atomic mass is 10.1. The fraction of sp³-hybridized carbons (Fsp3) is 0.611. The van der Waals surface area contributed by atoms with Crippen molar-refractivity contribution in [2.75, 3.05) is 31.5 Å². The third-order valence-electron chi connectivity index (χ3n) is 4.96. The molecule has 0 bridgehead atoms. The summed E-state index contributed by atoms with van der Waals surface area (Å²) in [6, 6.07) is 4.27. The fourth-order valence-corrected chi connectivity index (χ4v) is 3.46. The van der Waals surface area contributed by atoms with Crippen LogP contribution in [0.15, 0.2) is 18.3 Å². The Morgan fingerprint density at radius 1 is 1.08 bits per heavy atom. The van der Waals surface area contributed by atoms with Gasteiger partial charge in [0.2, 0.25) is 6.41 Å². The van der Waals surface area contributed by atoms with Crippen molar-refractivity contribution in [2.45, 2.75) is 44.6 Å². The summed E-state index contributed by atoms with van der Waals surface area (Å²) in [5.41, 5.74) is 1.46. The molecular weight excluding hydrogens is 304 g/mol. The molecule has 0 aromatic carbocycles. The second-order valence-corrected chi connectivity index (χ2v) is 6.70. The van der Waals surface area contributed by atoms with Crippen LogP contribution in [0.5, 0.6) is 0 Å². The molecule has 1 aromatic heterocycles. The second-order valence-electron chi connectivity index (χ2n) is 6.70. The molecule has 1 saturated heterocycles. The van der Waals surface area contributed by atoms with Crippen molar-refractivity contribution in [2.24, 2.45) is 0 Å². The van der Waals surface area contributed by atoms with Gasteiger partial charge in [-0.2, -0.15) is 0 Å². The maximum absolute atomic E-state index is 12.5. The van der Waals surface area contributed by atoms with Gasteiger partial charge in [-0.05, 0) is 25.0 Å². The van der Waals surface area contributed by atoms with Gasteiger partial charge in [-0.1, -0.05) is 25.7 Å². The zero-order valence-electron chi connectivity index (χ0n) is 14.1. The van der Waals surface area contributed by atoms with Crippen LogP contribution in [0.25, 0.3) is 0 Å². The van der Waals surface area contributed by atoms with Gasteiger partial charge in [0.05, 0.1) is 11.9 Å². The number of pyridine rings is 1. The Labute approximate surface area is 143 Å². The summed E-state index contributed by atoms with van der Waals surface area (Å²) in [6.07, 6.45) is 10.3. The van der Waals surface area contributed by atoms with E-state index in [1.54, 1.807) is 22.1 Å². The van der Waals surface area contributed by atoms with E-state index >= 15 is 0 Å². The van der Waals surface area contributed by atoms with E-state index in [0.29, 0.717) is 37.9 Å². The van der Waals surface area contributed by atoms with Gasteiger partial charge in [-0.25, -0.2) is 4.98 Å². The largest absolute Gasteiger partial charge is 0.381 e. The van der Waals surface area contributed by atoms with Gasteiger partial charge < -0.3 is 15.1 Å². The lowest BCUT2D eigenvalue weighted by molar-refractivity contribution is -0.119. The molecule has 2 aliphatic rings. The smallest absolute Gasteiger partial charge is 0.272 e. The average Bonchev–Trinajstić information content (AvgIpc) is 2.90. The first kappa shape index (κ1) is 16.7. The lowest BCUT2D eigenvalue weighted by Crippen LogP contribution is -2.48. The van der Waals surface area contributed by atoms with Gasteiger partial charge in [-0.3, -0.25) is 9.59 Å². The predicted octanol–water partition coefficient (Wildman–Crippen LogP) is 2.13. The van der Waals surface area contributed by atoms with Crippen molar-refractivity contribution < 1.29 is 9.59 Å². The Kier molecular flexibility index (Phi) is 5.67. The van der Waals surface area contributed by atoms with Gasteiger partial charge >= 0.3 is 0 Å². The van der Waals surface area contributed by atoms with Crippen LogP contribution < -0.4 is 5.32 Å². The quantitative estimate of drug-likeness (QED) is 0.678. The third-order valence-corrected chi connectivity index (χ3v) is 4.96. The highest BCUT2D eigenvalue weighted by Gasteiger charge is 2.22. The first-order valence-electron chi connectivity index (χ1n) is 8.97. The average molecular weight is 330 g/mol. The Balaban J connectivity index is 1.55. The molecule has 24 heavy (non-hydrogen) atoms. The highest BCUT2D eigenvalue weighted by molar-refractivity contribution is 5.92. The number of piperazine rings is 1. The van der Waals surface area contributed by atoms with Crippen molar-refractivity contribution in [1.82, 2.24) is 14.8 Å². The molecule has 0 radical (unpaired) electrons. The van der Waals surface area contributed by atoms with Crippen LogP contribution >= 0.6 is 0 Å². The van der Waals surface area contributed by atoms with Crippen molar-refractivity contribution in [3.8, 4) is 0 Å². The van der Waals surface area contributed by atoms with Crippen LogP contribution in [-0.2, 0) is 4.79 Å². The molecule has 2 heterocycles. The Bertz CT molecular complexity index is 545. The number of nitrogens with zero attached hydrogens (tertiary/aromatic N) is 3. The first-order valence-corrected chi connectivity index (χ1v) is 8.97. The minimum Gasteiger partial charge on any atom is -0.381 e. The highest BCUT2D eigenvalue weighted by atomic mass is 16.2. The maximum Gasteiger partial charge on any atom is 0.272 e. The van der Waals surface area contributed by atoms with E-state index in [4.69, 9.17) is 0 Å². The van der Waals surface area contributed by atoms with Gasteiger partial charge in [-0.15, -0.1) is 0 Å². The van der Waals surface area contributed by atoms with Gasteiger partial charge in [0, 0.05) is 32.2 Å². The molecule has 1 aliphatic carbocycles. The lowest BCUT2D eigenvalue weighted by Gasteiger charge is -2.32.